The summed E-state index contributed by atoms with van der Waals surface area (Å²) in [4.78, 5) is 4.29. The molecule has 1 aromatic rings. The third-order valence-electron chi connectivity index (χ3n) is 3.86. The van der Waals surface area contributed by atoms with Crippen LogP contribution in [0.5, 0.6) is 0 Å². The van der Waals surface area contributed by atoms with Crippen LogP contribution in [-0.2, 0) is 6.42 Å². The van der Waals surface area contributed by atoms with Gasteiger partial charge in [0, 0.05) is 19.6 Å². The van der Waals surface area contributed by atoms with E-state index in [1.165, 1.54) is 24.8 Å². The van der Waals surface area contributed by atoms with Gasteiger partial charge >= 0.3 is 0 Å². The van der Waals surface area contributed by atoms with Crippen LogP contribution in [0, 0.1) is 5.92 Å². The summed E-state index contributed by atoms with van der Waals surface area (Å²) in [5.41, 5.74) is 1.40. The van der Waals surface area contributed by atoms with Crippen molar-refractivity contribution in [3.63, 3.8) is 0 Å². The first-order valence-electron chi connectivity index (χ1n) is 7.79. The molecule has 1 aliphatic rings. The SMILES string of the molecule is CN=C(NCCC1CC1)NC(C)CCc1ccccc1. The Hall–Kier alpha value is -1.51. The van der Waals surface area contributed by atoms with Crippen LogP contribution in [0.1, 0.15) is 38.2 Å². The van der Waals surface area contributed by atoms with Crippen LogP contribution in [0.25, 0.3) is 0 Å². The molecule has 3 nitrogen and oxygen atoms in total. The predicted octanol–water partition coefficient (Wildman–Crippen LogP) is 2.97. The number of rotatable bonds is 7. The van der Waals surface area contributed by atoms with E-state index >= 15 is 0 Å². The highest BCUT2D eigenvalue weighted by molar-refractivity contribution is 5.79. The molecule has 0 spiro atoms. The number of aryl methyl sites for hydroxylation is 1. The van der Waals surface area contributed by atoms with Gasteiger partial charge in [-0.05, 0) is 37.7 Å². The van der Waals surface area contributed by atoms with Gasteiger partial charge in [-0.1, -0.05) is 43.2 Å². The molecule has 0 amide bonds. The fourth-order valence-electron chi connectivity index (χ4n) is 2.33. The largest absolute Gasteiger partial charge is 0.356 e. The lowest BCUT2D eigenvalue weighted by Crippen LogP contribution is -2.42. The summed E-state index contributed by atoms with van der Waals surface area (Å²) in [6.07, 6.45) is 6.34. The molecular weight excluding hydrogens is 246 g/mol. The molecule has 1 aromatic carbocycles. The van der Waals surface area contributed by atoms with Gasteiger partial charge < -0.3 is 10.6 Å². The van der Waals surface area contributed by atoms with Gasteiger partial charge in [-0.25, -0.2) is 0 Å². The zero-order valence-electron chi connectivity index (χ0n) is 12.7. The molecule has 0 heterocycles. The van der Waals surface area contributed by atoms with E-state index in [4.69, 9.17) is 0 Å². The summed E-state index contributed by atoms with van der Waals surface area (Å²) in [5, 5.41) is 6.88. The highest BCUT2D eigenvalue weighted by Crippen LogP contribution is 2.31. The van der Waals surface area contributed by atoms with Gasteiger partial charge in [-0.3, -0.25) is 4.99 Å². The average Bonchev–Trinajstić information content (AvgIpc) is 3.29. The quantitative estimate of drug-likeness (QED) is 0.592. The van der Waals surface area contributed by atoms with Crippen LogP contribution in [0.4, 0.5) is 0 Å². The molecule has 0 saturated heterocycles. The van der Waals surface area contributed by atoms with Crippen molar-refractivity contribution in [1.29, 1.82) is 0 Å². The molecule has 1 saturated carbocycles. The van der Waals surface area contributed by atoms with Crippen molar-refractivity contribution in [2.75, 3.05) is 13.6 Å². The molecule has 2 rings (SSSR count). The molecule has 3 heteroatoms. The fraction of sp³-hybridized carbons (Fsp3) is 0.588. The molecule has 1 unspecified atom stereocenters. The molecule has 0 radical (unpaired) electrons. The molecule has 1 atom stereocenters. The first-order valence-corrected chi connectivity index (χ1v) is 7.79. The van der Waals surface area contributed by atoms with Gasteiger partial charge in [0.05, 0.1) is 0 Å². The van der Waals surface area contributed by atoms with Gasteiger partial charge in [-0.2, -0.15) is 0 Å². The standard InChI is InChI=1S/C17H27N3/c1-14(8-9-15-6-4-3-5-7-15)20-17(18-2)19-13-12-16-10-11-16/h3-7,14,16H,8-13H2,1-2H3,(H2,18,19,20). The van der Waals surface area contributed by atoms with E-state index in [9.17, 15) is 0 Å². The van der Waals surface area contributed by atoms with Crippen molar-refractivity contribution < 1.29 is 0 Å². The number of nitrogens with one attached hydrogen (secondary N) is 2. The molecule has 0 aromatic heterocycles. The molecule has 1 fully saturated rings. The zero-order chi connectivity index (χ0) is 14.2. The minimum Gasteiger partial charge on any atom is -0.356 e. The predicted molar refractivity (Wildman–Crippen MR) is 86.1 cm³/mol. The maximum Gasteiger partial charge on any atom is 0.191 e. The van der Waals surface area contributed by atoms with E-state index in [1.54, 1.807) is 0 Å². The van der Waals surface area contributed by atoms with Gasteiger partial charge in [0.2, 0.25) is 0 Å². The van der Waals surface area contributed by atoms with E-state index < -0.39 is 0 Å². The van der Waals surface area contributed by atoms with Gasteiger partial charge in [0.25, 0.3) is 0 Å². The second-order valence-electron chi connectivity index (χ2n) is 5.80. The third-order valence-corrected chi connectivity index (χ3v) is 3.86. The molecule has 2 N–H and O–H groups in total. The van der Waals surface area contributed by atoms with Crippen LogP contribution in [0.3, 0.4) is 0 Å². The maximum absolute atomic E-state index is 4.29. The van der Waals surface area contributed by atoms with Crippen molar-refractivity contribution in [2.24, 2.45) is 10.9 Å². The second-order valence-corrected chi connectivity index (χ2v) is 5.80. The first kappa shape index (κ1) is 14.9. The summed E-state index contributed by atoms with van der Waals surface area (Å²) in [7, 11) is 1.84. The van der Waals surface area contributed by atoms with Crippen molar-refractivity contribution >= 4 is 5.96 Å². The lowest BCUT2D eigenvalue weighted by Gasteiger charge is -2.18. The second kappa shape index (κ2) is 7.93. The monoisotopic (exact) mass is 273 g/mol. The Morgan fingerprint density at radius 2 is 2.05 bits per heavy atom. The smallest absolute Gasteiger partial charge is 0.191 e. The Labute approximate surface area is 122 Å². The van der Waals surface area contributed by atoms with E-state index in [-0.39, 0.29) is 0 Å². The number of nitrogens with zero attached hydrogens (tertiary/aromatic N) is 1. The van der Waals surface area contributed by atoms with Gasteiger partial charge in [0.1, 0.15) is 0 Å². The normalized spacial score (nSPS) is 16.8. The fourth-order valence-corrected chi connectivity index (χ4v) is 2.33. The number of benzene rings is 1. The van der Waals surface area contributed by atoms with Crippen LogP contribution < -0.4 is 10.6 Å². The summed E-state index contributed by atoms with van der Waals surface area (Å²) in [6, 6.07) is 11.1. The Balaban J connectivity index is 1.64. The molecule has 20 heavy (non-hydrogen) atoms. The molecule has 1 aliphatic carbocycles. The van der Waals surface area contributed by atoms with Crippen LogP contribution in [0.15, 0.2) is 35.3 Å². The molecule has 110 valence electrons. The van der Waals surface area contributed by atoms with E-state index in [0.29, 0.717) is 6.04 Å². The van der Waals surface area contributed by atoms with Crippen molar-refractivity contribution in [3.8, 4) is 0 Å². The van der Waals surface area contributed by atoms with Crippen LogP contribution in [0.2, 0.25) is 0 Å². The number of hydrogen-bond donors (Lipinski definition) is 2. The Kier molecular flexibility index (Phi) is 5.90. The molecule has 0 aliphatic heterocycles. The van der Waals surface area contributed by atoms with Crippen LogP contribution >= 0.6 is 0 Å². The zero-order valence-corrected chi connectivity index (χ0v) is 12.7. The molecular formula is C17H27N3. The summed E-state index contributed by atoms with van der Waals surface area (Å²) in [6.45, 7) is 3.26. The Morgan fingerprint density at radius 1 is 1.30 bits per heavy atom. The van der Waals surface area contributed by atoms with Crippen molar-refractivity contribution in [3.05, 3.63) is 35.9 Å². The Morgan fingerprint density at radius 3 is 2.70 bits per heavy atom. The summed E-state index contributed by atoms with van der Waals surface area (Å²) < 4.78 is 0. The minimum absolute atomic E-state index is 0.433. The van der Waals surface area contributed by atoms with Crippen molar-refractivity contribution in [2.45, 2.75) is 45.1 Å². The number of hydrogen-bond acceptors (Lipinski definition) is 1. The third kappa shape index (κ3) is 5.64. The average molecular weight is 273 g/mol. The maximum atomic E-state index is 4.29. The van der Waals surface area contributed by atoms with Gasteiger partial charge in [-0.15, -0.1) is 0 Å². The van der Waals surface area contributed by atoms with E-state index in [1.807, 2.05) is 7.05 Å². The highest BCUT2D eigenvalue weighted by Gasteiger charge is 2.20. The van der Waals surface area contributed by atoms with Crippen molar-refractivity contribution in [1.82, 2.24) is 10.6 Å². The summed E-state index contributed by atoms with van der Waals surface area (Å²) in [5.74, 6) is 1.90. The number of guanidine groups is 1. The van der Waals surface area contributed by atoms with E-state index in [0.717, 1.165) is 31.3 Å². The number of aliphatic imine (C=N–C) groups is 1. The lowest BCUT2D eigenvalue weighted by atomic mass is 10.1. The lowest BCUT2D eigenvalue weighted by molar-refractivity contribution is 0.588. The Bertz CT molecular complexity index is 410. The minimum atomic E-state index is 0.433. The molecule has 0 bridgehead atoms. The first-order chi connectivity index (χ1) is 9.78. The highest BCUT2D eigenvalue weighted by atomic mass is 15.2. The topological polar surface area (TPSA) is 36.4 Å². The van der Waals surface area contributed by atoms with Gasteiger partial charge in [0.15, 0.2) is 5.96 Å². The van der Waals surface area contributed by atoms with Crippen LogP contribution in [-0.4, -0.2) is 25.6 Å². The summed E-state index contributed by atoms with van der Waals surface area (Å²) >= 11 is 0. The van der Waals surface area contributed by atoms with E-state index in [2.05, 4.69) is 52.9 Å².